The first-order valence-electron chi connectivity index (χ1n) is 9.75. The number of likely N-dealkylation sites (tertiary alicyclic amines) is 1. The van der Waals surface area contributed by atoms with Gasteiger partial charge in [-0.15, -0.1) is 0 Å². The molecule has 2 aromatic carbocycles. The number of aromatic nitrogens is 3. The van der Waals surface area contributed by atoms with Crippen LogP contribution in [0.5, 0.6) is 0 Å². The van der Waals surface area contributed by atoms with Crippen molar-refractivity contribution in [3.05, 3.63) is 77.4 Å². The second-order valence-corrected chi connectivity index (χ2v) is 7.34. The Morgan fingerprint density at radius 1 is 1.18 bits per heavy atom. The predicted molar refractivity (Wildman–Crippen MR) is 109 cm³/mol. The van der Waals surface area contributed by atoms with Crippen LogP contribution in [0.15, 0.2) is 54.6 Å². The average Bonchev–Trinajstić information content (AvgIpc) is 3.15. The van der Waals surface area contributed by atoms with Gasteiger partial charge in [0, 0.05) is 31.1 Å². The normalized spacial score (nSPS) is 16.8. The van der Waals surface area contributed by atoms with Gasteiger partial charge in [0.2, 0.25) is 0 Å². The van der Waals surface area contributed by atoms with Crippen LogP contribution in [0.1, 0.15) is 41.5 Å². The smallest absolute Gasteiger partial charge is 0.321 e. The SMILES string of the molecule is Cc1nc(Cc2ccc(NC(=O)N3CCC[C@@H](c4ccccc4)C3)cc2)n[nH]1. The standard InChI is InChI=1S/C22H25N5O/c1-16-23-21(26-25-16)14-17-9-11-20(12-10-17)24-22(28)27-13-5-8-19(15-27)18-6-3-2-4-7-18/h2-4,6-7,9-12,19H,5,8,13-15H2,1H3,(H,24,28)(H,23,25,26)/t19-/m1/s1. The third-order valence-corrected chi connectivity index (χ3v) is 5.19. The van der Waals surface area contributed by atoms with Gasteiger partial charge in [-0.05, 0) is 43.0 Å². The van der Waals surface area contributed by atoms with Crippen molar-refractivity contribution < 1.29 is 4.79 Å². The number of carbonyl (C=O) groups is 1. The fraction of sp³-hybridized carbons (Fsp3) is 0.318. The van der Waals surface area contributed by atoms with E-state index in [1.54, 1.807) is 0 Å². The van der Waals surface area contributed by atoms with Crippen LogP contribution in [-0.2, 0) is 6.42 Å². The molecule has 1 atom stereocenters. The van der Waals surface area contributed by atoms with Crippen LogP contribution in [0.4, 0.5) is 10.5 Å². The lowest BCUT2D eigenvalue weighted by atomic mass is 9.91. The van der Waals surface area contributed by atoms with E-state index in [-0.39, 0.29) is 6.03 Å². The lowest BCUT2D eigenvalue weighted by Gasteiger charge is -2.33. The van der Waals surface area contributed by atoms with Crippen molar-refractivity contribution in [1.29, 1.82) is 0 Å². The zero-order valence-corrected chi connectivity index (χ0v) is 16.1. The van der Waals surface area contributed by atoms with Crippen LogP contribution in [0.2, 0.25) is 0 Å². The van der Waals surface area contributed by atoms with E-state index in [9.17, 15) is 4.79 Å². The van der Waals surface area contributed by atoms with Gasteiger partial charge in [-0.1, -0.05) is 42.5 Å². The molecule has 6 heteroatoms. The number of carbonyl (C=O) groups excluding carboxylic acids is 1. The summed E-state index contributed by atoms with van der Waals surface area (Å²) in [7, 11) is 0. The number of urea groups is 1. The Labute approximate surface area is 165 Å². The number of nitrogens with one attached hydrogen (secondary N) is 2. The molecule has 2 N–H and O–H groups in total. The topological polar surface area (TPSA) is 73.9 Å². The van der Waals surface area contributed by atoms with Crippen molar-refractivity contribution in [3.8, 4) is 0 Å². The van der Waals surface area contributed by atoms with Gasteiger partial charge >= 0.3 is 6.03 Å². The Morgan fingerprint density at radius 3 is 2.68 bits per heavy atom. The maximum atomic E-state index is 12.7. The summed E-state index contributed by atoms with van der Waals surface area (Å²) in [6, 6.07) is 18.3. The lowest BCUT2D eigenvalue weighted by Crippen LogP contribution is -2.41. The second-order valence-electron chi connectivity index (χ2n) is 7.34. The Hall–Kier alpha value is -3.15. The minimum absolute atomic E-state index is 0.0297. The summed E-state index contributed by atoms with van der Waals surface area (Å²) >= 11 is 0. The van der Waals surface area contributed by atoms with Crippen molar-refractivity contribution >= 4 is 11.7 Å². The van der Waals surface area contributed by atoms with E-state index in [0.717, 1.165) is 48.8 Å². The molecule has 0 unspecified atom stereocenters. The molecular formula is C22H25N5O. The van der Waals surface area contributed by atoms with Crippen molar-refractivity contribution in [3.63, 3.8) is 0 Å². The molecule has 1 fully saturated rings. The van der Waals surface area contributed by atoms with Gasteiger partial charge in [0.1, 0.15) is 5.82 Å². The molecule has 2 heterocycles. The van der Waals surface area contributed by atoms with E-state index in [2.05, 4.69) is 44.8 Å². The Bertz CT molecular complexity index is 920. The molecule has 0 saturated carbocycles. The van der Waals surface area contributed by atoms with Gasteiger partial charge < -0.3 is 10.2 Å². The molecule has 1 aromatic heterocycles. The van der Waals surface area contributed by atoms with Gasteiger partial charge in [-0.3, -0.25) is 5.10 Å². The quantitative estimate of drug-likeness (QED) is 0.720. The Kier molecular flexibility index (Phi) is 5.37. The number of anilines is 1. The number of benzene rings is 2. The number of aryl methyl sites for hydroxylation is 1. The molecule has 1 saturated heterocycles. The number of H-pyrrole nitrogens is 1. The third-order valence-electron chi connectivity index (χ3n) is 5.19. The van der Waals surface area contributed by atoms with E-state index in [1.165, 1.54) is 5.56 Å². The molecule has 1 aliphatic rings. The van der Waals surface area contributed by atoms with Crippen LogP contribution in [0, 0.1) is 6.92 Å². The zero-order valence-electron chi connectivity index (χ0n) is 16.1. The van der Waals surface area contributed by atoms with Crippen LogP contribution in [0.25, 0.3) is 0 Å². The molecular weight excluding hydrogens is 350 g/mol. The molecule has 0 radical (unpaired) electrons. The summed E-state index contributed by atoms with van der Waals surface area (Å²) in [5.41, 5.74) is 3.23. The molecule has 0 spiro atoms. The highest BCUT2D eigenvalue weighted by atomic mass is 16.2. The largest absolute Gasteiger partial charge is 0.324 e. The Balaban J connectivity index is 1.35. The summed E-state index contributed by atoms with van der Waals surface area (Å²) < 4.78 is 0. The molecule has 2 amide bonds. The number of rotatable bonds is 4. The van der Waals surface area contributed by atoms with E-state index in [4.69, 9.17) is 0 Å². The third kappa shape index (κ3) is 4.39. The number of nitrogens with zero attached hydrogens (tertiary/aromatic N) is 3. The van der Waals surface area contributed by atoms with Crippen molar-refractivity contribution in [2.24, 2.45) is 0 Å². The van der Waals surface area contributed by atoms with Crippen LogP contribution >= 0.6 is 0 Å². The summed E-state index contributed by atoms with van der Waals surface area (Å²) in [5, 5.41) is 10.0. The maximum Gasteiger partial charge on any atom is 0.321 e. The number of aromatic amines is 1. The van der Waals surface area contributed by atoms with Gasteiger partial charge in [-0.25, -0.2) is 9.78 Å². The second kappa shape index (κ2) is 8.25. The van der Waals surface area contributed by atoms with Crippen LogP contribution < -0.4 is 5.32 Å². The van der Waals surface area contributed by atoms with Gasteiger partial charge in [0.15, 0.2) is 5.82 Å². The monoisotopic (exact) mass is 375 g/mol. The highest BCUT2D eigenvalue weighted by molar-refractivity contribution is 5.89. The molecule has 6 nitrogen and oxygen atoms in total. The molecule has 28 heavy (non-hydrogen) atoms. The first kappa shape index (κ1) is 18.2. The van der Waals surface area contributed by atoms with E-state index in [0.29, 0.717) is 12.3 Å². The van der Waals surface area contributed by atoms with E-state index < -0.39 is 0 Å². The highest BCUT2D eigenvalue weighted by Crippen LogP contribution is 2.27. The Morgan fingerprint density at radius 2 is 1.96 bits per heavy atom. The summed E-state index contributed by atoms with van der Waals surface area (Å²) in [6.45, 7) is 3.45. The lowest BCUT2D eigenvalue weighted by molar-refractivity contribution is 0.193. The minimum Gasteiger partial charge on any atom is -0.324 e. The van der Waals surface area contributed by atoms with Crippen LogP contribution in [-0.4, -0.2) is 39.2 Å². The fourth-order valence-electron chi connectivity index (χ4n) is 3.72. The van der Waals surface area contributed by atoms with Crippen molar-refractivity contribution in [2.45, 2.75) is 32.1 Å². The number of piperidine rings is 1. The minimum atomic E-state index is -0.0297. The predicted octanol–water partition coefficient (Wildman–Crippen LogP) is 4.12. The average molecular weight is 375 g/mol. The molecule has 0 bridgehead atoms. The molecule has 3 aromatic rings. The highest BCUT2D eigenvalue weighted by Gasteiger charge is 2.24. The summed E-state index contributed by atoms with van der Waals surface area (Å²) in [6.07, 6.45) is 2.83. The number of hydrogen-bond donors (Lipinski definition) is 2. The maximum absolute atomic E-state index is 12.7. The summed E-state index contributed by atoms with van der Waals surface area (Å²) in [5.74, 6) is 2.00. The molecule has 4 rings (SSSR count). The number of amides is 2. The van der Waals surface area contributed by atoms with Gasteiger partial charge in [-0.2, -0.15) is 5.10 Å². The molecule has 0 aliphatic carbocycles. The van der Waals surface area contributed by atoms with E-state index >= 15 is 0 Å². The molecule has 1 aliphatic heterocycles. The van der Waals surface area contributed by atoms with Gasteiger partial charge in [0.25, 0.3) is 0 Å². The number of hydrogen-bond acceptors (Lipinski definition) is 3. The van der Waals surface area contributed by atoms with Crippen molar-refractivity contribution in [2.75, 3.05) is 18.4 Å². The summed E-state index contributed by atoms with van der Waals surface area (Å²) in [4.78, 5) is 19.0. The van der Waals surface area contributed by atoms with Crippen molar-refractivity contribution in [1.82, 2.24) is 20.1 Å². The van der Waals surface area contributed by atoms with Gasteiger partial charge in [0.05, 0.1) is 0 Å². The first-order chi connectivity index (χ1) is 13.7. The van der Waals surface area contributed by atoms with E-state index in [1.807, 2.05) is 42.2 Å². The first-order valence-corrected chi connectivity index (χ1v) is 9.75. The fourth-order valence-corrected chi connectivity index (χ4v) is 3.72. The molecule has 144 valence electrons. The van der Waals surface area contributed by atoms with Crippen LogP contribution in [0.3, 0.4) is 0 Å². The zero-order chi connectivity index (χ0) is 19.3.